The molecule has 0 aromatic rings. The van der Waals surface area contributed by atoms with Crippen molar-refractivity contribution in [2.24, 2.45) is 23.7 Å². The first kappa shape index (κ1) is 14.5. The third kappa shape index (κ3) is 5.10. The molecule has 1 aliphatic carbocycles. The standard InChI is InChI=1S/C15H29NO/c1-11(2)6-8-16(9-7-12(3)4)15(17)14-10-13(14)5/h11-14H,6-10H2,1-5H3. The van der Waals surface area contributed by atoms with Gasteiger partial charge in [-0.1, -0.05) is 34.6 Å². The van der Waals surface area contributed by atoms with Crippen molar-refractivity contribution in [3.05, 3.63) is 0 Å². The van der Waals surface area contributed by atoms with E-state index in [2.05, 4.69) is 39.5 Å². The average molecular weight is 239 g/mol. The minimum Gasteiger partial charge on any atom is -0.342 e. The SMILES string of the molecule is CC(C)CCN(CCC(C)C)C(=O)C1CC1C. The van der Waals surface area contributed by atoms with E-state index >= 15 is 0 Å². The summed E-state index contributed by atoms with van der Waals surface area (Å²) >= 11 is 0. The monoisotopic (exact) mass is 239 g/mol. The lowest BCUT2D eigenvalue weighted by molar-refractivity contribution is -0.133. The predicted molar refractivity (Wildman–Crippen MR) is 72.8 cm³/mol. The van der Waals surface area contributed by atoms with Gasteiger partial charge in [0.15, 0.2) is 0 Å². The van der Waals surface area contributed by atoms with Crippen molar-refractivity contribution in [1.82, 2.24) is 4.90 Å². The van der Waals surface area contributed by atoms with Gasteiger partial charge in [0.25, 0.3) is 0 Å². The summed E-state index contributed by atoms with van der Waals surface area (Å²) in [5.41, 5.74) is 0. The van der Waals surface area contributed by atoms with Gasteiger partial charge in [0.1, 0.15) is 0 Å². The van der Waals surface area contributed by atoms with E-state index in [1.807, 2.05) is 0 Å². The molecule has 2 nitrogen and oxygen atoms in total. The lowest BCUT2D eigenvalue weighted by Crippen LogP contribution is -2.35. The fourth-order valence-electron chi connectivity index (χ4n) is 2.06. The molecule has 0 radical (unpaired) electrons. The molecule has 2 heteroatoms. The molecule has 0 saturated heterocycles. The molecule has 0 N–H and O–H groups in total. The largest absolute Gasteiger partial charge is 0.342 e. The van der Waals surface area contributed by atoms with Crippen LogP contribution in [0, 0.1) is 23.7 Å². The Labute approximate surface area is 107 Å². The molecule has 1 amide bonds. The van der Waals surface area contributed by atoms with Gasteiger partial charge in [0.2, 0.25) is 5.91 Å². The Morgan fingerprint density at radius 3 is 1.82 bits per heavy atom. The number of amides is 1. The van der Waals surface area contributed by atoms with Crippen LogP contribution >= 0.6 is 0 Å². The summed E-state index contributed by atoms with van der Waals surface area (Å²) in [6.45, 7) is 13.0. The summed E-state index contributed by atoms with van der Waals surface area (Å²) < 4.78 is 0. The van der Waals surface area contributed by atoms with Crippen LogP contribution in [0.25, 0.3) is 0 Å². The van der Waals surface area contributed by atoms with Gasteiger partial charge < -0.3 is 4.90 Å². The molecule has 1 saturated carbocycles. The maximum atomic E-state index is 12.3. The predicted octanol–water partition coefficient (Wildman–Crippen LogP) is 3.56. The smallest absolute Gasteiger partial charge is 0.225 e. The number of carbonyl (C=O) groups is 1. The Bertz CT molecular complexity index is 235. The Morgan fingerprint density at radius 2 is 1.53 bits per heavy atom. The van der Waals surface area contributed by atoms with Crippen molar-refractivity contribution < 1.29 is 4.79 Å². The van der Waals surface area contributed by atoms with Crippen LogP contribution in [0.5, 0.6) is 0 Å². The maximum absolute atomic E-state index is 12.3. The maximum Gasteiger partial charge on any atom is 0.225 e. The lowest BCUT2D eigenvalue weighted by Gasteiger charge is -2.24. The number of hydrogen-bond acceptors (Lipinski definition) is 1. The topological polar surface area (TPSA) is 20.3 Å². The number of rotatable bonds is 7. The number of nitrogens with zero attached hydrogens (tertiary/aromatic N) is 1. The minimum absolute atomic E-state index is 0.342. The second-order valence-electron chi connectivity index (χ2n) is 6.51. The van der Waals surface area contributed by atoms with Gasteiger partial charge in [-0.05, 0) is 37.0 Å². The number of hydrogen-bond donors (Lipinski definition) is 0. The van der Waals surface area contributed by atoms with Gasteiger partial charge in [-0.25, -0.2) is 0 Å². The molecule has 0 spiro atoms. The zero-order chi connectivity index (χ0) is 13.0. The molecule has 0 aliphatic heterocycles. The van der Waals surface area contributed by atoms with Crippen LogP contribution in [0.1, 0.15) is 53.9 Å². The van der Waals surface area contributed by atoms with Crippen molar-refractivity contribution in [2.75, 3.05) is 13.1 Å². The van der Waals surface area contributed by atoms with E-state index in [1.165, 1.54) is 0 Å². The van der Waals surface area contributed by atoms with E-state index in [1.54, 1.807) is 0 Å². The summed E-state index contributed by atoms with van der Waals surface area (Å²) in [5.74, 6) is 2.75. The average Bonchev–Trinajstić information content (AvgIpc) is 2.94. The van der Waals surface area contributed by atoms with Crippen molar-refractivity contribution >= 4 is 5.91 Å². The van der Waals surface area contributed by atoms with Gasteiger partial charge in [-0.3, -0.25) is 4.79 Å². The van der Waals surface area contributed by atoms with Crippen molar-refractivity contribution in [1.29, 1.82) is 0 Å². The highest BCUT2D eigenvalue weighted by Gasteiger charge is 2.41. The van der Waals surface area contributed by atoms with E-state index < -0.39 is 0 Å². The van der Waals surface area contributed by atoms with E-state index in [0.717, 1.165) is 32.4 Å². The van der Waals surface area contributed by atoms with Crippen LogP contribution in [0.2, 0.25) is 0 Å². The van der Waals surface area contributed by atoms with E-state index in [9.17, 15) is 4.79 Å². The van der Waals surface area contributed by atoms with Gasteiger partial charge in [-0.2, -0.15) is 0 Å². The minimum atomic E-state index is 0.342. The first-order valence-electron chi connectivity index (χ1n) is 7.20. The highest BCUT2D eigenvalue weighted by Crippen LogP contribution is 2.39. The highest BCUT2D eigenvalue weighted by atomic mass is 16.2. The molecule has 0 bridgehead atoms. The van der Waals surface area contributed by atoms with Gasteiger partial charge in [0.05, 0.1) is 0 Å². The molecule has 2 unspecified atom stereocenters. The van der Waals surface area contributed by atoms with Crippen LogP contribution in [0.3, 0.4) is 0 Å². The van der Waals surface area contributed by atoms with Gasteiger partial charge in [-0.15, -0.1) is 0 Å². The van der Waals surface area contributed by atoms with Gasteiger partial charge >= 0.3 is 0 Å². The second kappa shape index (κ2) is 6.42. The summed E-state index contributed by atoms with van der Waals surface area (Å²) in [4.78, 5) is 14.4. The molecule has 1 fully saturated rings. The van der Waals surface area contributed by atoms with E-state index in [4.69, 9.17) is 0 Å². The third-order valence-corrected chi connectivity index (χ3v) is 3.69. The summed E-state index contributed by atoms with van der Waals surface area (Å²) in [5, 5.41) is 0. The molecule has 2 atom stereocenters. The Balaban J connectivity index is 2.42. The molecular formula is C15H29NO. The normalized spacial score (nSPS) is 23.2. The molecule has 0 heterocycles. The van der Waals surface area contributed by atoms with Crippen LogP contribution in [-0.2, 0) is 4.79 Å². The van der Waals surface area contributed by atoms with Crippen LogP contribution < -0.4 is 0 Å². The van der Waals surface area contributed by atoms with Crippen LogP contribution in [-0.4, -0.2) is 23.9 Å². The lowest BCUT2D eigenvalue weighted by atomic mass is 10.1. The highest BCUT2D eigenvalue weighted by molar-refractivity contribution is 5.81. The van der Waals surface area contributed by atoms with Crippen LogP contribution in [0.15, 0.2) is 0 Å². The third-order valence-electron chi connectivity index (χ3n) is 3.69. The Morgan fingerprint density at radius 1 is 1.12 bits per heavy atom. The Hall–Kier alpha value is -0.530. The summed E-state index contributed by atoms with van der Waals surface area (Å²) in [6.07, 6.45) is 3.37. The molecule has 17 heavy (non-hydrogen) atoms. The first-order valence-corrected chi connectivity index (χ1v) is 7.20. The van der Waals surface area contributed by atoms with Gasteiger partial charge in [0, 0.05) is 19.0 Å². The zero-order valence-electron chi connectivity index (χ0n) is 12.2. The zero-order valence-corrected chi connectivity index (χ0v) is 12.2. The summed E-state index contributed by atoms with van der Waals surface area (Å²) in [7, 11) is 0. The molecule has 1 rings (SSSR count). The molecule has 1 aliphatic rings. The fraction of sp³-hybridized carbons (Fsp3) is 0.933. The molecule has 0 aromatic carbocycles. The second-order valence-corrected chi connectivity index (χ2v) is 6.51. The number of carbonyl (C=O) groups excluding carboxylic acids is 1. The van der Waals surface area contributed by atoms with Crippen molar-refractivity contribution in [2.45, 2.75) is 53.9 Å². The first-order chi connectivity index (χ1) is 7.91. The molecule has 100 valence electrons. The van der Waals surface area contributed by atoms with Crippen molar-refractivity contribution in [3.8, 4) is 0 Å². The molecular weight excluding hydrogens is 210 g/mol. The van der Waals surface area contributed by atoms with E-state index in [0.29, 0.717) is 29.6 Å². The fourth-order valence-corrected chi connectivity index (χ4v) is 2.06. The van der Waals surface area contributed by atoms with E-state index in [-0.39, 0.29) is 0 Å². The Kier molecular flexibility index (Phi) is 5.48. The van der Waals surface area contributed by atoms with Crippen molar-refractivity contribution in [3.63, 3.8) is 0 Å². The molecule has 0 aromatic heterocycles. The summed E-state index contributed by atoms with van der Waals surface area (Å²) in [6, 6.07) is 0. The quantitative estimate of drug-likeness (QED) is 0.665. The van der Waals surface area contributed by atoms with Crippen LogP contribution in [0.4, 0.5) is 0 Å².